The van der Waals surface area contributed by atoms with Gasteiger partial charge in [-0.15, -0.1) is 12.4 Å². The van der Waals surface area contributed by atoms with E-state index in [1.165, 1.54) is 11.1 Å². The summed E-state index contributed by atoms with van der Waals surface area (Å²) in [4.78, 5) is 15.0. The molecule has 2 aromatic carbocycles. The Labute approximate surface area is 162 Å². The molecule has 0 amide bonds. The van der Waals surface area contributed by atoms with Crippen molar-refractivity contribution in [3.8, 4) is 5.75 Å². The molecule has 26 heavy (non-hydrogen) atoms. The summed E-state index contributed by atoms with van der Waals surface area (Å²) in [7, 11) is 1.63. The van der Waals surface area contributed by atoms with Crippen LogP contribution in [0.15, 0.2) is 66.2 Å². The molecule has 0 aliphatic carbocycles. The molecule has 4 heteroatoms. The van der Waals surface area contributed by atoms with E-state index in [-0.39, 0.29) is 24.2 Å². The van der Waals surface area contributed by atoms with Crippen LogP contribution in [0.25, 0.3) is 0 Å². The number of nitrogens with zero attached hydrogens (tertiary/aromatic N) is 1. The van der Waals surface area contributed by atoms with Gasteiger partial charge in [-0.3, -0.25) is 9.69 Å². The normalized spacial score (nSPS) is 15.5. The number of benzene rings is 2. The molecule has 0 saturated carbocycles. The fourth-order valence-corrected chi connectivity index (χ4v) is 3.26. The maximum absolute atomic E-state index is 12.7. The molecular weight excluding hydrogens is 346 g/mol. The molecule has 0 spiro atoms. The van der Waals surface area contributed by atoms with Gasteiger partial charge < -0.3 is 4.74 Å². The van der Waals surface area contributed by atoms with Gasteiger partial charge in [-0.05, 0) is 49.6 Å². The largest absolute Gasteiger partial charge is 0.497 e. The fourth-order valence-electron chi connectivity index (χ4n) is 3.26. The monoisotopic (exact) mass is 371 g/mol. The molecule has 0 aromatic heterocycles. The van der Waals surface area contributed by atoms with E-state index in [4.69, 9.17) is 4.74 Å². The van der Waals surface area contributed by atoms with E-state index >= 15 is 0 Å². The van der Waals surface area contributed by atoms with Crippen LogP contribution in [-0.2, 0) is 6.42 Å². The number of hydrogen-bond acceptors (Lipinski definition) is 3. The third-order valence-corrected chi connectivity index (χ3v) is 4.91. The Kier molecular flexibility index (Phi) is 7.43. The van der Waals surface area contributed by atoms with Crippen molar-refractivity contribution in [1.29, 1.82) is 0 Å². The van der Waals surface area contributed by atoms with Crippen LogP contribution in [0.3, 0.4) is 0 Å². The smallest absolute Gasteiger partial charge is 0.179 e. The van der Waals surface area contributed by atoms with Crippen molar-refractivity contribution in [1.82, 2.24) is 4.90 Å². The minimum Gasteiger partial charge on any atom is -0.497 e. The maximum atomic E-state index is 12.7. The first-order valence-corrected chi connectivity index (χ1v) is 8.81. The molecule has 1 aliphatic heterocycles. The third kappa shape index (κ3) is 4.96. The Balaban J connectivity index is 0.00000243. The predicted molar refractivity (Wildman–Crippen MR) is 108 cm³/mol. The van der Waals surface area contributed by atoms with Gasteiger partial charge in [0, 0.05) is 18.7 Å². The van der Waals surface area contributed by atoms with Gasteiger partial charge in [-0.2, -0.15) is 0 Å². The maximum Gasteiger partial charge on any atom is 0.179 e. The van der Waals surface area contributed by atoms with Crippen LogP contribution in [0.2, 0.25) is 0 Å². The Bertz CT molecular complexity index is 740. The SMILES string of the molecule is COc1ccc(C(=O)C(C)N2CC=C(Cc3ccccc3)CC2)cc1.Cl. The van der Waals surface area contributed by atoms with Gasteiger partial charge in [0.1, 0.15) is 5.75 Å². The fraction of sp³-hybridized carbons (Fsp3) is 0.318. The van der Waals surface area contributed by atoms with Crippen molar-refractivity contribution in [3.63, 3.8) is 0 Å². The minimum atomic E-state index is -0.108. The summed E-state index contributed by atoms with van der Waals surface area (Å²) in [6, 6.07) is 17.8. The van der Waals surface area contributed by atoms with E-state index in [1.807, 2.05) is 37.3 Å². The number of ketones is 1. The molecular formula is C22H26ClNO2. The van der Waals surface area contributed by atoms with Crippen molar-refractivity contribution in [3.05, 3.63) is 77.4 Å². The predicted octanol–water partition coefficient (Wildman–Crippen LogP) is 4.56. The van der Waals surface area contributed by atoms with E-state index < -0.39 is 0 Å². The van der Waals surface area contributed by atoms with Gasteiger partial charge >= 0.3 is 0 Å². The molecule has 3 nitrogen and oxygen atoms in total. The Morgan fingerprint density at radius 3 is 2.38 bits per heavy atom. The van der Waals surface area contributed by atoms with E-state index in [1.54, 1.807) is 7.11 Å². The Morgan fingerprint density at radius 2 is 1.81 bits per heavy atom. The van der Waals surface area contributed by atoms with E-state index in [9.17, 15) is 4.79 Å². The van der Waals surface area contributed by atoms with Gasteiger partial charge in [0.2, 0.25) is 0 Å². The van der Waals surface area contributed by atoms with Crippen LogP contribution in [0.5, 0.6) is 5.75 Å². The van der Waals surface area contributed by atoms with Crippen LogP contribution in [0, 0.1) is 0 Å². The second-order valence-electron chi connectivity index (χ2n) is 6.54. The Morgan fingerprint density at radius 1 is 1.12 bits per heavy atom. The number of methoxy groups -OCH3 is 1. The van der Waals surface area contributed by atoms with Gasteiger partial charge in [0.05, 0.1) is 13.2 Å². The summed E-state index contributed by atoms with van der Waals surface area (Å²) in [5, 5.41) is 0. The number of hydrogen-bond donors (Lipinski definition) is 0. The molecule has 0 saturated heterocycles. The van der Waals surface area contributed by atoms with Crippen molar-refractivity contribution < 1.29 is 9.53 Å². The number of carbonyl (C=O) groups is 1. The molecule has 0 bridgehead atoms. The summed E-state index contributed by atoms with van der Waals surface area (Å²) in [6.45, 7) is 3.77. The summed E-state index contributed by atoms with van der Waals surface area (Å²) in [6.07, 6.45) is 4.32. The standard InChI is InChI=1S/C22H25NO2.ClH/c1-17(22(24)20-8-10-21(25-2)11-9-20)23-14-12-19(13-15-23)16-18-6-4-3-5-7-18;/h3-12,17H,13-16H2,1-2H3;1H. The van der Waals surface area contributed by atoms with Gasteiger partial charge in [0.15, 0.2) is 5.78 Å². The van der Waals surface area contributed by atoms with E-state index in [0.717, 1.165) is 37.2 Å². The molecule has 1 aliphatic rings. The quantitative estimate of drug-likeness (QED) is 0.550. The molecule has 2 aromatic rings. The highest BCUT2D eigenvalue weighted by Gasteiger charge is 2.24. The molecule has 0 fully saturated rings. The Hall–Kier alpha value is -2.10. The van der Waals surface area contributed by atoms with Gasteiger partial charge in [0.25, 0.3) is 0 Å². The first-order chi connectivity index (χ1) is 12.2. The lowest BCUT2D eigenvalue weighted by Gasteiger charge is -2.31. The molecule has 0 radical (unpaired) electrons. The van der Waals surface area contributed by atoms with Crippen LogP contribution in [0.1, 0.15) is 29.3 Å². The summed E-state index contributed by atoms with van der Waals surface area (Å²) in [5.41, 5.74) is 3.56. The summed E-state index contributed by atoms with van der Waals surface area (Å²) in [5.74, 6) is 0.943. The highest BCUT2D eigenvalue weighted by molar-refractivity contribution is 6.00. The average Bonchev–Trinajstić information content (AvgIpc) is 2.68. The van der Waals surface area contributed by atoms with Crippen LogP contribution < -0.4 is 4.74 Å². The van der Waals surface area contributed by atoms with E-state index in [0.29, 0.717) is 0 Å². The first-order valence-electron chi connectivity index (χ1n) is 8.81. The zero-order valence-corrected chi connectivity index (χ0v) is 16.2. The number of Topliss-reactive ketones (excluding diaryl/α,β-unsaturated/α-hetero) is 1. The van der Waals surface area contributed by atoms with Crippen molar-refractivity contribution in [2.24, 2.45) is 0 Å². The number of halogens is 1. The minimum absolute atomic E-state index is 0. The van der Waals surface area contributed by atoms with Gasteiger partial charge in [-0.25, -0.2) is 0 Å². The topological polar surface area (TPSA) is 29.5 Å². The molecule has 138 valence electrons. The van der Waals surface area contributed by atoms with Crippen LogP contribution >= 0.6 is 12.4 Å². The molecule has 1 atom stereocenters. The average molecular weight is 372 g/mol. The number of ether oxygens (including phenoxy) is 1. The molecule has 1 unspecified atom stereocenters. The highest BCUT2D eigenvalue weighted by atomic mass is 35.5. The lowest BCUT2D eigenvalue weighted by Crippen LogP contribution is -2.41. The molecule has 3 rings (SSSR count). The lowest BCUT2D eigenvalue weighted by molar-refractivity contribution is 0.0848. The molecule has 0 N–H and O–H groups in total. The van der Waals surface area contributed by atoms with Gasteiger partial charge in [-0.1, -0.05) is 42.0 Å². The zero-order chi connectivity index (χ0) is 17.6. The molecule has 1 heterocycles. The van der Waals surface area contributed by atoms with Crippen LogP contribution in [0.4, 0.5) is 0 Å². The van der Waals surface area contributed by atoms with Crippen molar-refractivity contribution >= 4 is 18.2 Å². The van der Waals surface area contributed by atoms with Crippen LogP contribution in [-0.4, -0.2) is 36.9 Å². The number of rotatable bonds is 6. The third-order valence-electron chi connectivity index (χ3n) is 4.91. The van der Waals surface area contributed by atoms with Crippen molar-refractivity contribution in [2.75, 3.05) is 20.2 Å². The zero-order valence-electron chi connectivity index (χ0n) is 15.4. The summed E-state index contributed by atoms with van der Waals surface area (Å²) < 4.78 is 5.16. The number of carbonyl (C=O) groups excluding carboxylic acids is 1. The second-order valence-corrected chi connectivity index (χ2v) is 6.54. The first kappa shape index (κ1) is 20.2. The van der Waals surface area contributed by atoms with Crippen molar-refractivity contribution in [2.45, 2.75) is 25.8 Å². The highest BCUT2D eigenvalue weighted by Crippen LogP contribution is 2.20. The summed E-state index contributed by atoms with van der Waals surface area (Å²) >= 11 is 0. The lowest BCUT2D eigenvalue weighted by atomic mass is 9.97. The second kappa shape index (κ2) is 9.56. The van der Waals surface area contributed by atoms with E-state index in [2.05, 4.69) is 35.2 Å².